The van der Waals surface area contributed by atoms with Crippen molar-refractivity contribution in [2.75, 3.05) is 24.6 Å². The van der Waals surface area contributed by atoms with Crippen molar-refractivity contribution in [1.29, 1.82) is 0 Å². The van der Waals surface area contributed by atoms with E-state index in [4.69, 9.17) is 0 Å². The van der Waals surface area contributed by atoms with Crippen molar-refractivity contribution in [2.24, 2.45) is 5.41 Å². The molecule has 0 spiro atoms. The average molecular weight is 395 g/mol. The van der Waals surface area contributed by atoms with Gasteiger partial charge in [-0.2, -0.15) is 0 Å². The minimum absolute atomic E-state index is 0.0309. The van der Waals surface area contributed by atoms with Crippen LogP contribution in [0.3, 0.4) is 0 Å². The lowest BCUT2D eigenvalue weighted by Crippen LogP contribution is -2.56. The molecule has 7 nitrogen and oxygen atoms in total. The molecule has 2 heterocycles. The lowest BCUT2D eigenvalue weighted by molar-refractivity contribution is -0.158. The number of aromatic nitrogens is 2. The summed E-state index contributed by atoms with van der Waals surface area (Å²) in [5.74, 6) is -0.324. The molecule has 3 N–H and O–H groups in total. The molecule has 7 heteroatoms. The van der Waals surface area contributed by atoms with Crippen molar-refractivity contribution in [3.05, 3.63) is 60.2 Å². The Kier molecular flexibility index (Phi) is 5.25. The van der Waals surface area contributed by atoms with E-state index < -0.39 is 17.5 Å². The smallest absolute Gasteiger partial charge is 0.312 e. The molecule has 1 aromatic heterocycles. The Bertz CT molecular complexity index is 1000. The molecule has 0 aliphatic carbocycles. The topological polar surface area (TPSA) is 98.8 Å². The van der Waals surface area contributed by atoms with Gasteiger partial charge in [0.1, 0.15) is 5.41 Å². The number of rotatable bonds is 6. The Hall–Kier alpha value is -2.90. The molecule has 2 aromatic carbocycles. The van der Waals surface area contributed by atoms with Crippen LogP contribution in [-0.4, -0.2) is 56.6 Å². The molecule has 29 heavy (non-hydrogen) atoms. The van der Waals surface area contributed by atoms with E-state index in [2.05, 4.69) is 4.98 Å². The fourth-order valence-corrected chi connectivity index (χ4v) is 4.27. The number of carboxylic acid groups (broad SMARTS) is 1. The number of aliphatic hydroxyl groups is 2. The number of fused-ring (bicyclic) bond motifs is 1. The number of piperidine rings is 1. The highest BCUT2D eigenvalue weighted by molar-refractivity contribution is 5.79. The third kappa shape index (κ3) is 3.47. The van der Waals surface area contributed by atoms with Crippen LogP contribution in [-0.2, 0) is 17.8 Å². The number of imidazole rings is 1. The Labute approximate surface area is 168 Å². The monoisotopic (exact) mass is 395 g/mol. The molecule has 1 aliphatic rings. The number of hydrogen-bond donors (Lipinski definition) is 3. The van der Waals surface area contributed by atoms with Gasteiger partial charge in [0.25, 0.3) is 0 Å². The van der Waals surface area contributed by atoms with Crippen molar-refractivity contribution in [1.82, 2.24) is 9.55 Å². The van der Waals surface area contributed by atoms with E-state index >= 15 is 0 Å². The lowest BCUT2D eigenvalue weighted by atomic mass is 9.72. The van der Waals surface area contributed by atoms with E-state index in [1.54, 1.807) is 0 Å². The summed E-state index contributed by atoms with van der Waals surface area (Å²) >= 11 is 0. The zero-order valence-corrected chi connectivity index (χ0v) is 16.1. The molecule has 0 unspecified atom stereocenters. The first kappa shape index (κ1) is 19.4. The Morgan fingerprint density at radius 3 is 2.55 bits per heavy atom. The van der Waals surface area contributed by atoms with Gasteiger partial charge in [0, 0.05) is 19.6 Å². The summed E-state index contributed by atoms with van der Waals surface area (Å²) in [4.78, 5) is 18.8. The number of para-hydroxylation sites is 2. The number of β-amino-alcohol motifs (C(OH)–C–C–N with tert-alkyl or cyclic N) is 1. The number of aliphatic hydroxyl groups excluding tert-OH is 2. The van der Waals surface area contributed by atoms with Gasteiger partial charge in [0.15, 0.2) is 0 Å². The van der Waals surface area contributed by atoms with Gasteiger partial charge in [0.2, 0.25) is 5.95 Å². The fourth-order valence-electron chi connectivity index (χ4n) is 4.27. The van der Waals surface area contributed by atoms with Gasteiger partial charge >= 0.3 is 5.97 Å². The van der Waals surface area contributed by atoms with E-state index in [-0.39, 0.29) is 19.6 Å². The summed E-state index contributed by atoms with van der Waals surface area (Å²) in [6.45, 7) is 0.992. The maximum absolute atomic E-state index is 12.2. The maximum atomic E-state index is 12.2. The lowest BCUT2D eigenvalue weighted by Gasteiger charge is -2.43. The van der Waals surface area contributed by atoms with Crippen molar-refractivity contribution < 1.29 is 20.1 Å². The molecular formula is C22H25N3O4. The molecule has 4 rings (SSSR count). The molecule has 152 valence electrons. The number of carbonyl (C=O) groups is 1. The van der Waals surface area contributed by atoms with Crippen LogP contribution < -0.4 is 4.90 Å². The number of hydrogen-bond acceptors (Lipinski definition) is 5. The van der Waals surface area contributed by atoms with Crippen LogP contribution in [0.5, 0.6) is 0 Å². The minimum atomic E-state index is -1.23. The van der Waals surface area contributed by atoms with Gasteiger partial charge in [0.05, 0.1) is 23.7 Å². The molecule has 3 aromatic rings. The summed E-state index contributed by atoms with van der Waals surface area (Å²) in [7, 11) is 0. The predicted molar refractivity (Wildman–Crippen MR) is 110 cm³/mol. The average Bonchev–Trinajstić information content (AvgIpc) is 3.09. The fraction of sp³-hybridized carbons (Fsp3) is 0.364. The van der Waals surface area contributed by atoms with Crippen LogP contribution >= 0.6 is 0 Å². The van der Waals surface area contributed by atoms with Gasteiger partial charge in [-0.25, -0.2) is 4.98 Å². The second-order valence-corrected chi connectivity index (χ2v) is 7.61. The first-order chi connectivity index (χ1) is 14.0. The molecule has 1 fully saturated rings. The zero-order valence-electron chi connectivity index (χ0n) is 16.1. The van der Waals surface area contributed by atoms with Crippen molar-refractivity contribution in [3.8, 4) is 0 Å². The largest absolute Gasteiger partial charge is 0.481 e. The summed E-state index contributed by atoms with van der Waals surface area (Å²) in [5, 5.41) is 30.5. The molecule has 0 bridgehead atoms. The highest BCUT2D eigenvalue weighted by Crippen LogP contribution is 2.38. The molecule has 0 saturated carbocycles. The van der Waals surface area contributed by atoms with Gasteiger partial charge in [-0.15, -0.1) is 0 Å². The Balaban J connectivity index is 1.64. The van der Waals surface area contributed by atoms with Crippen LogP contribution in [0.1, 0.15) is 12.0 Å². The quantitative estimate of drug-likeness (QED) is 0.590. The SMILES string of the molecule is O=C(O)[C@@]1(Cc2ccccc2)CCN(c2nc3ccccc3n2CCO)C[C@H]1O. The van der Waals surface area contributed by atoms with E-state index in [9.17, 15) is 20.1 Å². The third-order valence-corrected chi connectivity index (χ3v) is 5.89. The summed E-state index contributed by atoms with van der Waals surface area (Å²) in [5.41, 5.74) is 1.39. The normalized spacial score (nSPS) is 22.1. The number of aliphatic carboxylic acids is 1. The minimum Gasteiger partial charge on any atom is -0.481 e. The second kappa shape index (κ2) is 7.85. The van der Waals surface area contributed by atoms with Crippen LogP contribution in [0, 0.1) is 5.41 Å². The van der Waals surface area contributed by atoms with Gasteiger partial charge < -0.3 is 24.8 Å². The first-order valence-corrected chi connectivity index (χ1v) is 9.81. The van der Waals surface area contributed by atoms with Gasteiger partial charge in [-0.05, 0) is 30.5 Å². The molecule has 1 saturated heterocycles. The number of nitrogens with zero attached hydrogens (tertiary/aromatic N) is 3. The van der Waals surface area contributed by atoms with Gasteiger partial charge in [-0.1, -0.05) is 42.5 Å². The summed E-state index contributed by atoms with van der Waals surface area (Å²) in [6.07, 6.45) is -0.456. The highest BCUT2D eigenvalue weighted by Gasteiger charge is 2.49. The van der Waals surface area contributed by atoms with E-state index in [1.165, 1.54) is 0 Å². The molecule has 0 amide bonds. The summed E-state index contributed by atoms with van der Waals surface area (Å²) < 4.78 is 1.92. The van der Waals surface area contributed by atoms with E-state index in [1.807, 2.05) is 64.1 Å². The van der Waals surface area contributed by atoms with Crippen LogP contribution in [0.2, 0.25) is 0 Å². The van der Waals surface area contributed by atoms with Crippen molar-refractivity contribution in [3.63, 3.8) is 0 Å². The predicted octanol–water partition coefficient (Wildman–Crippen LogP) is 1.91. The molecule has 2 atom stereocenters. The van der Waals surface area contributed by atoms with Crippen LogP contribution in [0.4, 0.5) is 5.95 Å². The maximum Gasteiger partial charge on any atom is 0.312 e. The van der Waals surface area contributed by atoms with Gasteiger partial charge in [-0.3, -0.25) is 4.79 Å². The van der Waals surface area contributed by atoms with Crippen LogP contribution in [0.15, 0.2) is 54.6 Å². The Morgan fingerprint density at radius 2 is 1.86 bits per heavy atom. The van der Waals surface area contributed by atoms with E-state index in [0.717, 1.165) is 16.6 Å². The van der Waals surface area contributed by atoms with Crippen LogP contribution in [0.25, 0.3) is 11.0 Å². The van der Waals surface area contributed by atoms with Crippen molar-refractivity contribution >= 4 is 23.0 Å². The zero-order chi connectivity index (χ0) is 20.4. The standard InChI is InChI=1S/C22H25N3O4/c26-13-12-25-18-9-5-4-8-17(18)23-21(25)24-11-10-22(20(28)29,19(27)15-24)14-16-6-2-1-3-7-16/h1-9,19,26-27H,10-15H2,(H,28,29)/t19-,22-/m1/s1. The molecule has 0 radical (unpaired) electrons. The van der Waals surface area contributed by atoms with E-state index in [0.29, 0.717) is 25.5 Å². The third-order valence-electron chi connectivity index (χ3n) is 5.89. The molecular weight excluding hydrogens is 370 g/mol. The second-order valence-electron chi connectivity index (χ2n) is 7.61. The number of carboxylic acids is 1. The number of benzene rings is 2. The van der Waals surface area contributed by atoms with Crippen molar-refractivity contribution in [2.45, 2.75) is 25.5 Å². The highest BCUT2D eigenvalue weighted by atomic mass is 16.4. The molecule has 1 aliphatic heterocycles. The first-order valence-electron chi connectivity index (χ1n) is 9.81. The summed E-state index contributed by atoms with van der Waals surface area (Å²) in [6, 6.07) is 17.1. The number of anilines is 1. The Morgan fingerprint density at radius 1 is 1.14 bits per heavy atom.